The Morgan fingerprint density at radius 1 is 0.969 bits per heavy atom. The summed E-state index contributed by atoms with van der Waals surface area (Å²) in [6.07, 6.45) is 0.478. The maximum atomic E-state index is 13.0. The topological polar surface area (TPSA) is 28.7 Å². The molecule has 0 spiro atoms. The second-order valence-corrected chi connectivity index (χ2v) is 7.93. The monoisotopic (exact) mass is 432 g/mol. The Balaban J connectivity index is 1.74. The molecule has 0 saturated heterocycles. The number of aromatic nitrogens is 1. The van der Waals surface area contributed by atoms with Crippen LogP contribution in [0.1, 0.15) is 48.9 Å². The van der Waals surface area contributed by atoms with Crippen molar-refractivity contribution in [3.8, 4) is 17.2 Å². The minimum atomic E-state index is -4.34. The molecule has 0 aliphatic carbocycles. The van der Waals surface area contributed by atoms with Gasteiger partial charge in [0.15, 0.2) is 0 Å². The van der Waals surface area contributed by atoms with E-state index in [9.17, 15) is 18.4 Å². The highest BCUT2D eigenvalue weighted by molar-refractivity contribution is 5.87. The molecule has 2 nitrogen and oxygen atoms in total. The summed E-state index contributed by atoms with van der Waals surface area (Å²) < 4.78 is 41.2. The number of rotatable bonds is 6. The van der Waals surface area contributed by atoms with E-state index >= 15 is 0 Å². The molecule has 0 N–H and O–H groups in total. The van der Waals surface area contributed by atoms with Crippen molar-refractivity contribution in [2.45, 2.75) is 38.4 Å². The van der Waals surface area contributed by atoms with Gasteiger partial charge in [-0.2, -0.15) is 18.4 Å². The third-order valence-electron chi connectivity index (χ3n) is 5.87. The third-order valence-corrected chi connectivity index (χ3v) is 5.87. The van der Waals surface area contributed by atoms with Gasteiger partial charge in [-0.3, -0.25) is 0 Å². The lowest BCUT2D eigenvalue weighted by Gasteiger charge is -2.21. The molecular weight excluding hydrogens is 409 g/mol. The van der Waals surface area contributed by atoms with Crippen LogP contribution in [-0.4, -0.2) is 4.57 Å². The fraction of sp³-hybridized carbons (Fsp3) is 0.222. The SMILES string of the molecule is CCCCC(c1ccc(C(F)(F)F)cc1)n1ccc2cc(-c3ccccc3C#N)ccc21. The van der Waals surface area contributed by atoms with Crippen LogP contribution in [0.5, 0.6) is 0 Å². The molecule has 1 heterocycles. The molecule has 162 valence electrons. The predicted octanol–water partition coefficient (Wildman–Crippen LogP) is 7.98. The Kier molecular flexibility index (Phi) is 6.05. The van der Waals surface area contributed by atoms with Crippen LogP contribution in [-0.2, 0) is 6.18 Å². The van der Waals surface area contributed by atoms with Crippen molar-refractivity contribution in [1.29, 1.82) is 5.26 Å². The Labute approximate surface area is 185 Å². The van der Waals surface area contributed by atoms with Crippen molar-refractivity contribution in [3.63, 3.8) is 0 Å². The standard InChI is InChI=1S/C27H23F3N2/c1-2-3-8-25(19-9-12-23(13-10-19)27(28,29)30)32-16-15-21-17-20(11-14-26(21)32)24-7-5-4-6-22(24)18-31/h4-7,9-17,25H,2-3,8H2,1H3. The zero-order valence-corrected chi connectivity index (χ0v) is 17.7. The van der Waals surface area contributed by atoms with E-state index in [1.54, 1.807) is 18.2 Å². The molecule has 1 atom stereocenters. The first-order valence-electron chi connectivity index (χ1n) is 10.7. The molecule has 0 aliphatic rings. The van der Waals surface area contributed by atoms with Gasteiger partial charge in [0, 0.05) is 17.1 Å². The maximum absolute atomic E-state index is 13.0. The zero-order chi connectivity index (χ0) is 22.7. The van der Waals surface area contributed by atoms with E-state index in [1.165, 1.54) is 0 Å². The number of alkyl halides is 3. The minimum Gasteiger partial charge on any atom is -0.340 e. The van der Waals surface area contributed by atoms with Crippen LogP contribution in [0.3, 0.4) is 0 Å². The molecule has 32 heavy (non-hydrogen) atoms. The van der Waals surface area contributed by atoms with E-state index in [-0.39, 0.29) is 6.04 Å². The average molecular weight is 432 g/mol. The van der Waals surface area contributed by atoms with Crippen molar-refractivity contribution >= 4 is 10.9 Å². The van der Waals surface area contributed by atoms with Gasteiger partial charge in [0.25, 0.3) is 0 Å². The minimum absolute atomic E-state index is 0.0491. The van der Waals surface area contributed by atoms with E-state index < -0.39 is 11.7 Å². The molecule has 0 saturated carbocycles. The first-order valence-corrected chi connectivity index (χ1v) is 10.7. The van der Waals surface area contributed by atoms with Crippen molar-refractivity contribution in [2.24, 2.45) is 0 Å². The first-order chi connectivity index (χ1) is 15.4. The summed E-state index contributed by atoms with van der Waals surface area (Å²) in [5.74, 6) is 0. The van der Waals surface area contributed by atoms with Gasteiger partial charge < -0.3 is 4.57 Å². The summed E-state index contributed by atoms with van der Waals surface area (Å²) in [6, 6.07) is 23.3. The van der Waals surface area contributed by atoms with Crippen LogP contribution in [0.25, 0.3) is 22.0 Å². The lowest BCUT2D eigenvalue weighted by Crippen LogP contribution is -2.11. The van der Waals surface area contributed by atoms with E-state index in [4.69, 9.17) is 0 Å². The summed E-state index contributed by atoms with van der Waals surface area (Å²) in [4.78, 5) is 0. The van der Waals surface area contributed by atoms with E-state index in [1.807, 2.05) is 42.6 Å². The molecular formula is C27H23F3N2. The van der Waals surface area contributed by atoms with E-state index in [0.29, 0.717) is 5.56 Å². The number of hydrogen-bond donors (Lipinski definition) is 0. The highest BCUT2D eigenvalue weighted by Crippen LogP contribution is 2.34. The highest BCUT2D eigenvalue weighted by Gasteiger charge is 2.30. The summed E-state index contributed by atoms with van der Waals surface area (Å²) in [7, 11) is 0. The Bertz CT molecular complexity index is 1260. The second-order valence-electron chi connectivity index (χ2n) is 7.93. The van der Waals surface area contributed by atoms with E-state index in [0.717, 1.165) is 59.0 Å². The van der Waals surface area contributed by atoms with Crippen molar-refractivity contribution in [3.05, 3.63) is 95.7 Å². The predicted molar refractivity (Wildman–Crippen MR) is 121 cm³/mol. The molecule has 0 amide bonds. The van der Waals surface area contributed by atoms with E-state index in [2.05, 4.69) is 23.6 Å². The molecule has 0 fully saturated rings. The van der Waals surface area contributed by atoms with Gasteiger partial charge in [0.1, 0.15) is 0 Å². The lowest BCUT2D eigenvalue weighted by molar-refractivity contribution is -0.137. The number of hydrogen-bond acceptors (Lipinski definition) is 1. The molecule has 4 rings (SSSR count). The second kappa shape index (κ2) is 8.92. The Morgan fingerprint density at radius 3 is 2.41 bits per heavy atom. The Hall–Kier alpha value is -3.52. The van der Waals surface area contributed by atoms with Gasteiger partial charge in [-0.05, 0) is 59.5 Å². The molecule has 5 heteroatoms. The number of unbranched alkanes of at least 4 members (excludes halogenated alkanes) is 1. The third kappa shape index (κ3) is 4.27. The number of halogens is 3. The van der Waals surface area contributed by atoms with Gasteiger partial charge in [-0.25, -0.2) is 0 Å². The van der Waals surface area contributed by atoms with Crippen LogP contribution in [0.2, 0.25) is 0 Å². The average Bonchev–Trinajstić information content (AvgIpc) is 3.22. The molecule has 0 aliphatic heterocycles. The normalized spacial score (nSPS) is 12.6. The summed E-state index contributed by atoms with van der Waals surface area (Å²) in [5, 5.41) is 10.5. The summed E-state index contributed by atoms with van der Waals surface area (Å²) in [5.41, 5.74) is 3.72. The molecule has 0 radical (unpaired) electrons. The quantitative estimate of drug-likeness (QED) is 0.304. The van der Waals surface area contributed by atoms with Crippen LogP contribution in [0, 0.1) is 11.3 Å². The van der Waals surface area contributed by atoms with Gasteiger partial charge in [0.2, 0.25) is 0 Å². The summed E-state index contributed by atoms with van der Waals surface area (Å²) in [6.45, 7) is 2.11. The van der Waals surface area contributed by atoms with Crippen molar-refractivity contribution in [2.75, 3.05) is 0 Å². The fourth-order valence-corrected chi connectivity index (χ4v) is 4.19. The molecule has 1 aromatic heterocycles. The molecule has 3 aromatic carbocycles. The molecule has 1 unspecified atom stereocenters. The Morgan fingerprint density at radius 2 is 1.72 bits per heavy atom. The first kappa shape index (κ1) is 21.7. The zero-order valence-electron chi connectivity index (χ0n) is 17.7. The van der Waals surface area contributed by atoms with Gasteiger partial charge in [0.05, 0.1) is 23.2 Å². The molecule has 0 bridgehead atoms. The maximum Gasteiger partial charge on any atom is 0.416 e. The smallest absolute Gasteiger partial charge is 0.340 e. The van der Waals surface area contributed by atoms with Gasteiger partial charge in [-0.15, -0.1) is 0 Å². The van der Waals surface area contributed by atoms with Crippen LogP contribution in [0.15, 0.2) is 79.0 Å². The van der Waals surface area contributed by atoms with Crippen LogP contribution < -0.4 is 0 Å². The lowest BCUT2D eigenvalue weighted by atomic mass is 9.98. The summed E-state index contributed by atoms with van der Waals surface area (Å²) >= 11 is 0. The van der Waals surface area contributed by atoms with Crippen molar-refractivity contribution in [1.82, 2.24) is 4.57 Å². The largest absolute Gasteiger partial charge is 0.416 e. The number of fused-ring (bicyclic) bond motifs is 1. The number of nitrogens with zero attached hydrogens (tertiary/aromatic N) is 2. The van der Waals surface area contributed by atoms with Crippen molar-refractivity contribution < 1.29 is 13.2 Å². The number of benzene rings is 3. The van der Waals surface area contributed by atoms with Crippen LogP contribution >= 0.6 is 0 Å². The molecule has 4 aromatic rings. The number of nitriles is 1. The fourth-order valence-electron chi connectivity index (χ4n) is 4.19. The van der Waals surface area contributed by atoms with Crippen LogP contribution in [0.4, 0.5) is 13.2 Å². The highest BCUT2D eigenvalue weighted by atomic mass is 19.4. The van der Waals surface area contributed by atoms with Gasteiger partial charge >= 0.3 is 6.18 Å². The van der Waals surface area contributed by atoms with Gasteiger partial charge in [-0.1, -0.05) is 56.2 Å².